The standard InChI is InChI=1S/C18H27N3O3/c22-18(15-24-17-5-3-7-19-14-17)21-8-2-1-4-16(21)6-9-20-10-12-23-13-11-20/h3,5,7,14,16H,1-2,4,6,8-13,15H2. The van der Waals surface area contributed by atoms with Crippen LogP contribution in [0.1, 0.15) is 25.7 Å². The first-order chi connectivity index (χ1) is 11.8. The number of carbonyl (C=O) groups excluding carboxylic acids is 1. The largest absolute Gasteiger partial charge is 0.482 e. The Balaban J connectivity index is 1.48. The average Bonchev–Trinajstić information content (AvgIpc) is 2.66. The molecule has 0 spiro atoms. The van der Waals surface area contributed by atoms with Gasteiger partial charge in [0.2, 0.25) is 0 Å². The molecule has 2 fully saturated rings. The zero-order valence-electron chi connectivity index (χ0n) is 14.2. The van der Waals surface area contributed by atoms with Crippen molar-refractivity contribution < 1.29 is 14.3 Å². The number of hydrogen-bond donors (Lipinski definition) is 0. The van der Waals surface area contributed by atoms with Crippen molar-refractivity contribution in [3.05, 3.63) is 24.5 Å². The van der Waals surface area contributed by atoms with E-state index in [1.165, 1.54) is 6.42 Å². The molecule has 132 valence electrons. The molecule has 0 N–H and O–H groups in total. The van der Waals surface area contributed by atoms with Crippen LogP contribution >= 0.6 is 0 Å². The first kappa shape index (κ1) is 17.2. The smallest absolute Gasteiger partial charge is 0.260 e. The van der Waals surface area contributed by atoms with E-state index < -0.39 is 0 Å². The lowest BCUT2D eigenvalue weighted by Crippen LogP contribution is -2.47. The molecule has 0 saturated carbocycles. The third-order valence-corrected chi connectivity index (χ3v) is 4.83. The fourth-order valence-electron chi connectivity index (χ4n) is 3.45. The zero-order chi connectivity index (χ0) is 16.6. The van der Waals surface area contributed by atoms with Gasteiger partial charge < -0.3 is 14.4 Å². The van der Waals surface area contributed by atoms with Gasteiger partial charge in [-0.05, 0) is 37.8 Å². The van der Waals surface area contributed by atoms with E-state index in [0.717, 1.165) is 58.7 Å². The van der Waals surface area contributed by atoms with Crippen molar-refractivity contribution in [2.45, 2.75) is 31.7 Å². The third kappa shape index (κ3) is 4.92. The third-order valence-electron chi connectivity index (χ3n) is 4.83. The lowest BCUT2D eigenvalue weighted by molar-refractivity contribution is -0.137. The predicted octanol–water partition coefficient (Wildman–Crippen LogP) is 1.56. The summed E-state index contributed by atoms with van der Waals surface area (Å²) in [6, 6.07) is 3.98. The molecule has 0 radical (unpaired) electrons. The number of aromatic nitrogens is 1. The van der Waals surface area contributed by atoms with Crippen molar-refractivity contribution in [1.29, 1.82) is 0 Å². The van der Waals surface area contributed by atoms with Crippen LogP contribution in [0, 0.1) is 0 Å². The first-order valence-electron chi connectivity index (χ1n) is 8.95. The molecule has 1 amide bonds. The van der Waals surface area contributed by atoms with Gasteiger partial charge in [-0.15, -0.1) is 0 Å². The van der Waals surface area contributed by atoms with Crippen molar-refractivity contribution in [3.63, 3.8) is 0 Å². The topological polar surface area (TPSA) is 54.9 Å². The van der Waals surface area contributed by atoms with Crippen molar-refractivity contribution in [1.82, 2.24) is 14.8 Å². The van der Waals surface area contributed by atoms with E-state index in [4.69, 9.17) is 9.47 Å². The predicted molar refractivity (Wildman–Crippen MR) is 91.0 cm³/mol. The highest BCUT2D eigenvalue weighted by atomic mass is 16.5. The second-order valence-electron chi connectivity index (χ2n) is 6.46. The molecule has 2 aliphatic rings. The summed E-state index contributed by atoms with van der Waals surface area (Å²) in [7, 11) is 0. The molecular formula is C18H27N3O3. The molecule has 6 nitrogen and oxygen atoms in total. The minimum absolute atomic E-state index is 0.0885. The van der Waals surface area contributed by atoms with Gasteiger partial charge in [0.15, 0.2) is 6.61 Å². The number of carbonyl (C=O) groups is 1. The van der Waals surface area contributed by atoms with Crippen LogP contribution in [0.15, 0.2) is 24.5 Å². The summed E-state index contributed by atoms with van der Waals surface area (Å²) in [4.78, 5) is 21.1. The van der Waals surface area contributed by atoms with Crippen LogP contribution < -0.4 is 4.74 Å². The van der Waals surface area contributed by atoms with E-state index in [-0.39, 0.29) is 12.5 Å². The van der Waals surface area contributed by atoms with Crippen molar-refractivity contribution in [2.24, 2.45) is 0 Å². The summed E-state index contributed by atoms with van der Waals surface area (Å²) in [6.07, 6.45) is 7.77. The summed E-state index contributed by atoms with van der Waals surface area (Å²) < 4.78 is 11.0. The van der Waals surface area contributed by atoms with Crippen LogP contribution in [-0.4, -0.2) is 72.7 Å². The number of piperidine rings is 1. The SMILES string of the molecule is O=C(COc1cccnc1)N1CCCCC1CCN1CCOCC1. The Morgan fingerprint density at radius 1 is 1.29 bits per heavy atom. The van der Waals surface area contributed by atoms with Crippen LogP contribution in [0.2, 0.25) is 0 Å². The number of hydrogen-bond acceptors (Lipinski definition) is 5. The van der Waals surface area contributed by atoms with Gasteiger partial charge in [-0.1, -0.05) is 0 Å². The lowest BCUT2D eigenvalue weighted by Gasteiger charge is -2.37. The van der Waals surface area contributed by atoms with Crippen LogP contribution in [0.5, 0.6) is 5.75 Å². The van der Waals surface area contributed by atoms with E-state index in [1.807, 2.05) is 17.0 Å². The molecule has 0 aromatic carbocycles. The number of likely N-dealkylation sites (tertiary alicyclic amines) is 1. The Bertz CT molecular complexity index is 505. The highest BCUT2D eigenvalue weighted by Gasteiger charge is 2.27. The summed E-state index contributed by atoms with van der Waals surface area (Å²) in [5, 5.41) is 0. The normalized spacial score (nSPS) is 22.3. The summed E-state index contributed by atoms with van der Waals surface area (Å²) in [5.41, 5.74) is 0. The number of pyridine rings is 1. The van der Waals surface area contributed by atoms with Gasteiger partial charge in [-0.2, -0.15) is 0 Å². The average molecular weight is 333 g/mol. The molecular weight excluding hydrogens is 306 g/mol. The fourth-order valence-corrected chi connectivity index (χ4v) is 3.45. The summed E-state index contributed by atoms with van der Waals surface area (Å²) in [5.74, 6) is 0.734. The second kappa shape index (κ2) is 8.99. The minimum Gasteiger partial charge on any atom is -0.482 e. The lowest BCUT2D eigenvalue weighted by atomic mass is 9.99. The fraction of sp³-hybridized carbons (Fsp3) is 0.667. The van der Waals surface area contributed by atoms with Gasteiger partial charge in [0, 0.05) is 38.4 Å². The van der Waals surface area contributed by atoms with E-state index in [9.17, 15) is 4.79 Å². The first-order valence-corrected chi connectivity index (χ1v) is 8.95. The van der Waals surface area contributed by atoms with Crippen molar-refractivity contribution in [3.8, 4) is 5.75 Å². The van der Waals surface area contributed by atoms with Gasteiger partial charge in [0.05, 0.1) is 19.4 Å². The van der Waals surface area contributed by atoms with Gasteiger partial charge in [-0.3, -0.25) is 14.7 Å². The molecule has 2 aliphatic heterocycles. The number of amides is 1. The molecule has 24 heavy (non-hydrogen) atoms. The zero-order valence-corrected chi connectivity index (χ0v) is 14.2. The molecule has 1 atom stereocenters. The molecule has 6 heteroatoms. The Morgan fingerprint density at radius 3 is 2.96 bits per heavy atom. The quantitative estimate of drug-likeness (QED) is 0.791. The van der Waals surface area contributed by atoms with E-state index in [0.29, 0.717) is 11.8 Å². The highest BCUT2D eigenvalue weighted by molar-refractivity contribution is 5.78. The van der Waals surface area contributed by atoms with Crippen LogP contribution in [-0.2, 0) is 9.53 Å². The van der Waals surface area contributed by atoms with Crippen molar-refractivity contribution in [2.75, 3.05) is 46.0 Å². The summed E-state index contributed by atoms with van der Waals surface area (Å²) >= 11 is 0. The molecule has 0 bridgehead atoms. The van der Waals surface area contributed by atoms with Crippen LogP contribution in [0.25, 0.3) is 0 Å². The van der Waals surface area contributed by atoms with E-state index >= 15 is 0 Å². The molecule has 2 saturated heterocycles. The maximum Gasteiger partial charge on any atom is 0.260 e. The molecule has 3 rings (SSSR count). The Labute approximate surface area is 143 Å². The van der Waals surface area contributed by atoms with Crippen LogP contribution in [0.4, 0.5) is 0 Å². The number of rotatable bonds is 6. The van der Waals surface area contributed by atoms with Gasteiger partial charge in [-0.25, -0.2) is 0 Å². The van der Waals surface area contributed by atoms with Crippen LogP contribution in [0.3, 0.4) is 0 Å². The maximum atomic E-state index is 12.6. The molecule has 1 aromatic heterocycles. The molecule has 1 aromatic rings. The monoisotopic (exact) mass is 333 g/mol. The van der Waals surface area contributed by atoms with Gasteiger partial charge in [0.1, 0.15) is 5.75 Å². The Morgan fingerprint density at radius 2 is 2.17 bits per heavy atom. The molecule has 0 aliphatic carbocycles. The van der Waals surface area contributed by atoms with Gasteiger partial charge >= 0.3 is 0 Å². The number of morpholine rings is 1. The second-order valence-corrected chi connectivity index (χ2v) is 6.46. The minimum atomic E-state index is 0.0885. The summed E-state index contributed by atoms with van der Waals surface area (Å²) in [6.45, 7) is 5.65. The number of nitrogens with zero attached hydrogens (tertiary/aromatic N) is 3. The van der Waals surface area contributed by atoms with E-state index in [1.54, 1.807) is 12.4 Å². The Hall–Kier alpha value is -1.66. The van der Waals surface area contributed by atoms with Gasteiger partial charge in [0.25, 0.3) is 5.91 Å². The molecule has 1 unspecified atom stereocenters. The van der Waals surface area contributed by atoms with E-state index in [2.05, 4.69) is 9.88 Å². The van der Waals surface area contributed by atoms with Crippen molar-refractivity contribution >= 4 is 5.91 Å². The highest BCUT2D eigenvalue weighted by Crippen LogP contribution is 2.21. The maximum absolute atomic E-state index is 12.6. The number of ether oxygens (including phenoxy) is 2. The Kier molecular flexibility index (Phi) is 6.43. The molecule has 3 heterocycles.